The second-order valence-corrected chi connectivity index (χ2v) is 1.53. The summed E-state index contributed by atoms with van der Waals surface area (Å²) in [6.07, 6.45) is 1.39. The molecule has 0 amide bonds. The van der Waals surface area contributed by atoms with Gasteiger partial charge >= 0.3 is 0 Å². The van der Waals surface area contributed by atoms with Crippen molar-refractivity contribution in [1.82, 2.24) is 5.32 Å². The Morgan fingerprint density at radius 1 is 1.78 bits per heavy atom. The minimum atomic E-state index is -0.0371. The summed E-state index contributed by atoms with van der Waals surface area (Å²) in [6.45, 7) is 4.68. The first kappa shape index (κ1) is 7.88. The third-order valence-corrected chi connectivity index (χ3v) is 0.869. The molecule has 0 radical (unpaired) electrons. The van der Waals surface area contributed by atoms with Crippen LogP contribution in [0.2, 0.25) is 0 Å². The maximum absolute atomic E-state index is 10.5. The van der Waals surface area contributed by atoms with Crippen molar-refractivity contribution in [1.29, 1.82) is 0 Å². The number of likely N-dealkylation sites (N-methyl/N-ethyl adjacent to an activating group) is 1. The molecule has 0 aliphatic heterocycles. The van der Waals surface area contributed by atoms with E-state index >= 15 is 0 Å². The molecule has 0 saturated carbocycles. The summed E-state index contributed by atoms with van der Waals surface area (Å²) in [6, 6.07) is 0. The largest absolute Gasteiger partial charge is 0.384 e. The molecule has 0 unspecified atom stereocenters. The van der Waals surface area contributed by atoms with Gasteiger partial charge in [0.15, 0.2) is 5.78 Å². The molecule has 0 spiro atoms. The number of carbonyl (C=O) groups excluding carboxylic acids is 1. The lowest BCUT2D eigenvalue weighted by atomic mass is 10.3. The number of Topliss-reactive ketones (excluding diaryl/α,β-unsaturated/α-hetero) is 1. The van der Waals surface area contributed by atoms with E-state index in [0.29, 0.717) is 5.70 Å². The smallest absolute Gasteiger partial charge is 0.177 e. The van der Waals surface area contributed by atoms with Gasteiger partial charge in [0.05, 0.1) is 11.9 Å². The second kappa shape index (κ2) is 3.83. The van der Waals surface area contributed by atoms with Gasteiger partial charge in [-0.3, -0.25) is 9.79 Å². The Morgan fingerprint density at radius 3 is 2.44 bits per heavy atom. The fourth-order valence-corrected chi connectivity index (χ4v) is 0.423. The highest BCUT2D eigenvalue weighted by Crippen LogP contribution is 1.88. The molecule has 0 aromatic carbocycles. The fraction of sp³-hybridized carbons (Fsp3) is 0.333. The van der Waals surface area contributed by atoms with E-state index in [1.807, 2.05) is 0 Å². The molecule has 0 saturated heterocycles. The van der Waals surface area contributed by atoms with E-state index < -0.39 is 0 Å². The molecule has 0 aromatic rings. The van der Waals surface area contributed by atoms with Gasteiger partial charge in [0, 0.05) is 14.0 Å². The van der Waals surface area contributed by atoms with E-state index in [1.165, 1.54) is 13.1 Å². The number of aliphatic imine (C=N–C) groups is 1. The fourth-order valence-electron chi connectivity index (χ4n) is 0.423. The van der Waals surface area contributed by atoms with Crippen LogP contribution in [0.5, 0.6) is 0 Å². The minimum absolute atomic E-state index is 0.0371. The molecule has 3 heteroatoms. The van der Waals surface area contributed by atoms with Crippen LogP contribution in [0.25, 0.3) is 0 Å². The Hall–Kier alpha value is -1.12. The third kappa shape index (κ3) is 2.64. The summed E-state index contributed by atoms with van der Waals surface area (Å²) in [4.78, 5) is 14.0. The zero-order chi connectivity index (χ0) is 7.28. The molecule has 0 aromatic heterocycles. The number of hydrogen-bond acceptors (Lipinski definition) is 3. The highest BCUT2D eigenvalue weighted by molar-refractivity contribution is 5.92. The van der Waals surface area contributed by atoms with Crippen LogP contribution >= 0.6 is 0 Å². The SMILES string of the molecule is C=N/C=C(\NC)C(C)=O. The maximum Gasteiger partial charge on any atom is 0.177 e. The molecule has 0 aliphatic carbocycles. The first-order valence-electron chi connectivity index (χ1n) is 2.57. The molecule has 0 rings (SSSR count). The van der Waals surface area contributed by atoms with Gasteiger partial charge in [-0.1, -0.05) is 0 Å². The quantitative estimate of drug-likeness (QED) is 0.437. The van der Waals surface area contributed by atoms with Crippen molar-refractivity contribution < 1.29 is 4.79 Å². The van der Waals surface area contributed by atoms with E-state index in [1.54, 1.807) is 7.05 Å². The lowest BCUT2D eigenvalue weighted by Crippen LogP contribution is -2.12. The molecule has 1 N–H and O–H groups in total. The van der Waals surface area contributed by atoms with Crippen LogP contribution in [-0.4, -0.2) is 19.5 Å². The first-order chi connectivity index (χ1) is 4.22. The van der Waals surface area contributed by atoms with Crippen molar-refractivity contribution >= 4 is 12.5 Å². The molecular weight excluding hydrogens is 116 g/mol. The van der Waals surface area contributed by atoms with E-state index in [4.69, 9.17) is 0 Å². The van der Waals surface area contributed by atoms with E-state index in [-0.39, 0.29) is 5.78 Å². The lowest BCUT2D eigenvalue weighted by molar-refractivity contribution is -0.113. The van der Waals surface area contributed by atoms with Gasteiger partial charge < -0.3 is 5.32 Å². The van der Waals surface area contributed by atoms with Crippen LogP contribution in [0.3, 0.4) is 0 Å². The summed E-state index contributed by atoms with van der Waals surface area (Å²) < 4.78 is 0. The highest BCUT2D eigenvalue weighted by atomic mass is 16.1. The lowest BCUT2D eigenvalue weighted by Gasteiger charge is -1.96. The standard InChI is InChI=1S/C6H10N2O/c1-5(9)6(8-3)4-7-2/h4,8H,2H2,1,3H3/b6-4-. The van der Waals surface area contributed by atoms with E-state index in [9.17, 15) is 4.79 Å². The zero-order valence-corrected chi connectivity index (χ0v) is 5.64. The van der Waals surface area contributed by atoms with Gasteiger partial charge in [-0.25, -0.2) is 0 Å². The first-order valence-corrected chi connectivity index (χ1v) is 2.57. The van der Waals surface area contributed by atoms with E-state index in [2.05, 4.69) is 17.0 Å². The molecule has 50 valence electrons. The molecule has 0 heterocycles. The van der Waals surface area contributed by atoms with Crippen molar-refractivity contribution in [3.63, 3.8) is 0 Å². The summed E-state index contributed by atoms with van der Waals surface area (Å²) in [5, 5.41) is 2.68. The predicted molar refractivity (Wildman–Crippen MR) is 37.4 cm³/mol. The number of ketones is 1. The summed E-state index contributed by atoms with van der Waals surface area (Å²) >= 11 is 0. The van der Waals surface area contributed by atoms with Crippen LogP contribution in [0.1, 0.15) is 6.92 Å². The van der Waals surface area contributed by atoms with Gasteiger partial charge in [-0.2, -0.15) is 0 Å². The van der Waals surface area contributed by atoms with Crippen LogP contribution in [0.15, 0.2) is 16.9 Å². The molecule has 9 heavy (non-hydrogen) atoms. The van der Waals surface area contributed by atoms with Crippen molar-refractivity contribution in [3.05, 3.63) is 11.9 Å². The van der Waals surface area contributed by atoms with E-state index in [0.717, 1.165) is 0 Å². The average Bonchev–Trinajstić information content (AvgIpc) is 1.82. The molecule has 0 fully saturated rings. The summed E-state index contributed by atoms with van der Waals surface area (Å²) in [5.41, 5.74) is 0.477. The maximum atomic E-state index is 10.5. The van der Waals surface area contributed by atoms with Crippen LogP contribution in [-0.2, 0) is 4.79 Å². The number of allylic oxidation sites excluding steroid dienone is 1. The molecule has 0 bridgehead atoms. The Bertz CT molecular complexity index is 149. The second-order valence-electron chi connectivity index (χ2n) is 1.53. The number of hydrogen-bond donors (Lipinski definition) is 1. The Kier molecular flexibility index (Phi) is 3.35. The number of carbonyl (C=O) groups is 1. The number of rotatable bonds is 3. The van der Waals surface area contributed by atoms with Gasteiger partial charge in [0.2, 0.25) is 0 Å². The van der Waals surface area contributed by atoms with Crippen LogP contribution in [0.4, 0.5) is 0 Å². The van der Waals surface area contributed by atoms with Crippen molar-refractivity contribution in [2.45, 2.75) is 6.92 Å². The van der Waals surface area contributed by atoms with Crippen molar-refractivity contribution in [2.75, 3.05) is 7.05 Å². The molecule has 0 atom stereocenters. The summed E-state index contributed by atoms with van der Waals surface area (Å²) in [5.74, 6) is -0.0371. The Balaban J connectivity index is 4.14. The Labute approximate surface area is 54.5 Å². The monoisotopic (exact) mass is 126 g/mol. The van der Waals surface area contributed by atoms with Crippen LogP contribution < -0.4 is 5.32 Å². The van der Waals surface area contributed by atoms with Crippen molar-refractivity contribution in [3.8, 4) is 0 Å². The molecule has 0 aliphatic rings. The minimum Gasteiger partial charge on any atom is -0.384 e. The van der Waals surface area contributed by atoms with Gasteiger partial charge in [0.1, 0.15) is 0 Å². The molecular formula is C6H10N2O. The number of nitrogens with one attached hydrogen (secondary N) is 1. The number of nitrogens with zero attached hydrogens (tertiary/aromatic N) is 1. The van der Waals surface area contributed by atoms with Gasteiger partial charge in [-0.05, 0) is 6.72 Å². The van der Waals surface area contributed by atoms with Gasteiger partial charge in [0.25, 0.3) is 0 Å². The van der Waals surface area contributed by atoms with Crippen molar-refractivity contribution in [2.24, 2.45) is 4.99 Å². The summed E-state index contributed by atoms with van der Waals surface area (Å²) in [7, 11) is 1.67. The Morgan fingerprint density at radius 2 is 2.33 bits per heavy atom. The third-order valence-electron chi connectivity index (χ3n) is 0.869. The van der Waals surface area contributed by atoms with Gasteiger partial charge in [-0.15, -0.1) is 0 Å². The predicted octanol–water partition coefficient (Wildman–Crippen LogP) is 0.337. The zero-order valence-electron chi connectivity index (χ0n) is 5.64. The normalized spacial score (nSPS) is 10.7. The highest BCUT2D eigenvalue weighted by Gasteiger charge is 1.96. The average molecular weight is 126 g/mol. The topological polar surface area (TPSA) is 41.5 Å². The molecule has 3 nitrogen and oxygen atoms in total. The van der Waals surface area contributed by atoms with Crippen LogP contribution in [0, 0.1) is 0 Å².